The van der Waals surface area contributed by atoms with E-state index in [1.54, 1.807) is 24.0 Å². The first kappa shape index (κ1) is 17.5. The van der Waals surface area contributed by atoms with E-state index in [9.17, 15) is 4.79 Å². The van der Waals surface area contributed by atoms with Gasteiger partial charge in [0.2, 0.25) is 0 Å². The van der Waals surface area contributed by atoms with Gasteiger partial charge in [0.15, 0.2) is 0 Å². The third kappa shape index (κ3) is 3.93. The molecule has 1 N–H and O–H groups in total. The molecule has 0 saturated carbocycles. The van der Waals surface area contributed by atoms with Gasteiger partial charge < -0.3 is 5.32 Å². The highest BCUT2D eigenvalue weighted by atomic mass is 16.2. The minimum absolute atomic E-state index is 0.0901. The minimum Gasteiger partial charge on any atom is -0.351 e. The van der Waals surface area contributed by atoms with Gasteiger partial charge in [-0.15, -0.1) is 0 Å². The third-order valence-electron chi connectivity index (χ3n) is 5.02. The van der Waals surface area contributed by atoms with Gasteiger partial charge in [-0.25, -0.2) is 0 Å². The molecule has 3 aromatic rings. The molecule has 4 rings (SSSR count). The largest absolute Gasteiger partial charge is 0.351 e. The van der Waals surface area contributed by atoms with Crippen molar-refractivity contribution in [2.24, 2.45) is 7.05 Å². The molecule has 0 radical (unpaired) electrons. The van der Waals surface area contributed by atoms with E-state index in [4.69, 9.17) is 0 Å². The van der Waals surface area contributed by atoms with Crippen LogP contribution in [-0.4, -0.2) is 43.5 Å². The molecule has 0 spiro atoms. The van der Waals surface area contributed by atoms with Crippen molar-refractivity contribution in [3.05, 3.63) is 71.8 Å². The van der Waals surface area contributed by atoms with Crippen molar-refractivity contribution in [3.63, 3.8) is 0 Å². The lowest BCUT2D eigenvalue weighted by atomic mass is 10.1. The summed E-state index contributed by atoms with van der Waals surface area (Å²) in [6.07, 6.45) is 4.33. The van der Waals surface area contributed by atoms with E-state index in [0.717, 1.165) is 26.1 Å². The summed E-state index contributed by atoms with van der Waals surface area (Å²) in [5.74, 6) is -0.0901. The quantitative estimate of drug-likeness (QED) is 0.726. The predicted octanol–water partition coefficient (Wildman–Crippen LogP) is 1.99. The summed E-state index contributed by atoms with van der Waals surface area (Å²) in [4.78, 5) is 14.7. The Labute approximate surface area is 158 Å². The maximum atomic E-state index is 12.3. The molecule has 0 fully saturated rings. The molecule has 0 unspecified atom stereocenters. The maximum Gasteiger partial charge on any atom is 0.269 e. The number of amides is 1. The highest BCUT2D eigenvalue weighted by molar-refractivity contribution is 5.92. The number of hydrogen-bond acceptors (Lipinski definition) is 4. The van der Waals surface area contributed by atoms with Gasteiger partial charge >= 0.3 is 0 Å². The number of benzene rings is 1. The molecule has 1 aliphatic heterocycles. The molecule has 1 aliphatic rings. The van der Waals surface area contributed by atoms with E-state index in [-0.39, 0.29) is 11.9 Å². The van der Waals surface area contributed by atoms with Crippen molar-refractivity contribution < 1.29 is 4.79 Å². The van der Waals surface area contributed by atoms with Crippen molar-refractivity contribution in [2.75, 3.05) is 13.1 Å². The van der Waals surface area contributed by atoms with E-state index >= 15 is 0 Å². The average Bonchev–Trinajstić information content (AvgIpc) is 3.31. The summed E-state index contributed by atoms with van der Waals surface area (Å²) in [5.41, 5.74) is 3.11. The molecule has 1 amide bonds. The number of rotatable bonds is 6. The molecule has 27 heavy (non-hydrogen) atoms. The molecule has 0 bridgehead atoms. The summed E-state index contributed by atoms with van der Waals surface area (Å²) >= 11 is 0. The second-order valence-corrected chi connectivity index (χ2v) is 6.96. The zero-order valence-corrected chi connectivity index (χ0v) is 15.5. The number of carbonyl (C=O) groups excluding carboxylic acids is 1. The molecule has 2 aromatic heterocycles. The van der Waals surface area contributed by atoms with Crippen LogP contribution in [0.15, 0.2) is 54.9 Å². The van der Waals surface area contributed by atoms with E-state index in [1.165, 1.54) is 11.3 Å². The normalized spacial score (nSPS) is 16.9. The highest BCUT2D eigenvalue weighted by Gasteiger charge is 2.25. The summed E-state index contributed by atoms with van der Waals surface area (Å²) in [6, 6.07) is 14.6. The van der Waals surface area contributed by atoms with Gasteiger partial charge in [-0.2, -0.15) is 10.2 Å². The van der Waals surface area contributed by atoms with Crippen molar-refractivity contribution in [2.45, 2.75) is 25.6 Å². The van der Waals surface area contributed by atoms with Crippen LogP contribution in [0.4, 0.5) is 0 Å². The predicted molar refractivity (Wildman–Crippen MR) is 102 cm³/mol. The van der Waals surface area contributed by atoms with E-state index < -0.39 is 0 Å². The number of aryl methyl sites for hydroxylation is 1. The van der Waals surface area contributed by atoms with Gasteiger partial charge in [-0.05, 0) is 24.1 Å². The number of fused-ring (bicyclic) bond motifs is 1. The van der Waals surface area contributed by atoms with Gasteiger partial charge in [0.25, 0.3) is 5.91 Å². The average molecular weight is 364 g/mol. The molecule has 1 atom stereocenters. The molecular formula is C20H24N6O. The van der Waals surface area contributed by atoms with Gasteiger partial charge in [-0.1, -0.05) is 30.3 Å². The number of nitrogens with zero attached hydrogens (tertiary/aromatic N) is 5. The van der Waals surface area contributed by atoms with E-state index in [2.05, 4.69) is 55.4 Å². The van der Waals surface area contributed by atoms with Crippen LogP contribution in [0.5, 0.6) is 0 Å². The second-order valence-electron chi connectivity index (χ2n) is 6.96. The van der Waals surface area contributed by atoms with Crippen molar-refractivity contribution in [1.82, 2.24) is 29.8 Å². The first-order valence-corrected chi connectivity index (χ1v) is 9.25. The highest BCUT2D eigenvalue weighted by Crippen LogP contribution is 2.24. The smallest absolute Gasteiger partial charge is 0.269 e. The molecule has 140 valence electrons. The maximum absolute atomic E-state index is 12.3. The standard InChI is InChI=1S/C20H24N6O/c1-24-19(9-12-22-24)20(27)21-10-7-17-14-25(13-16-5-3-2-4-6-16)15-18-8-11-23-26(17)18/h2-6,8-9,11-12,17H,7,10,13-15H2,1H3,(H,21,27)/t17-/m1/s1. The monoisotopic (exact) mass is 364 g/mol. The van der Waals surface area contributed by atoms with Crippen LogP contribution in [0.25, 0.3) is 0 Å². The lowest BCUT2D eigenvalue weighted by molar-refractivity contribution is 0.0937. The Hall–Kier alpha value is -2.93. The Bertz CT molecular complexity index is 900. The topological polar surface area (TPSA) is 68.0 Å². The van der Waals surface area contributed by atoms with E-state index in [0.29, 0.717) is 12.2 Å². The number of hydrogen-bond donors (Lipinski definition) is 1. The van der Waals surface area contributed by atoms with Crippen LogP contribution in [0.1, 0.15) is 34.2 Å². The summed E-state index contributed by atoms with van der Waals surface area (Å²) in [6.45, 7) is 3.34. The zero-order chi connectivity index (χ0) is 18.6. The van der Waals surface area contributed by atoms with Crippen LogP contribution in [-0.2, 0) is 20.1 Å². The molecule has 7 nitrogen and oxygen atoms in total. The Morgan fingerprint density at radius 1 is 1.15 bits per heavy atom. The Kier molecular flexibility index (Phi) is 5.02. The molecular weight excluding hydrogens is 340 g/mol. The van der Waals surface area contributed by atoms with Crippen LogP contribution < -0.4 is 5.32 Å². The van der Waals surface area contributed by atoms with Crippen molar-refractivity contribution in [1.29, 1.82) is 0 Å². The summed E-state index contributed by atoms with van der Waals surface area (Å²) in [7, 11) is 1.77. The summed E-state index contributed by atoms with van der Waals surface area (Å²) < 4.78 is 3.70. The summed E-state index contributed by atoms with van der Waals surface area (Å²) in [5, 5.41) is 11.5. The first-order chi connectivity index (χ1) is 13.2. The second kappa shape index (κ2) is 7.75. The first-order valence-electron chi connectivity index (χ1n) is 9.25. The number of carbonyl (C=O) groups is 1. The van der Waals surface area contributed by atoms with Gasteiger partial charge in [0, 0.05) is 45.6 Å². The molecule has 7 heteroatoms. The van der Waals surface area contributed by atoms with E-state index in [1.807, 2.05) is 12.3 Å². The van der Waals surface area contributed by atoms with Crippen LogP contribution >= 0.6 is 0 Å². The SMILES string of the molecule is Cn1nccc1C(=O)NCC[C@@H]1CN(Cc2ccccc2)Cc2ccnn21. The fraction of sp³-hybridized carbons (Fsp3) is 0.350. The van der Waals surface area contributed by atoms with Crippen molar-refractivity contribution >= 4 is 5.91 Å². The number of nitrogens with one attached hydrogen (secondary N) is 1. The van der Waals surface area contributed by atoms with Crippen LogP contribution in [0, 0.1) is 0 Å². The van der Waals surface area contributed by atoms with Gasteiger partial charge in [0.05, 0.1) is 11.7 Å². The Balaban J connectivity index is 1.38. The zero-order valence-electron chi connectivity index (χ0n) is 15.5. The van der Waals surface area contributed by atoms with Crippen molar-refractivity contribution in [3.8, 4) is 0 Å². The molecule has 0 aliphatic carbocycles. The van der Waals surface area contributed by atoms with Gasteiger partial charge in [-0.3, -0.25) is 19.1 Å². The number of aromatic nitrogens is 4. The lowest BCUT2D eigenvalue weighted by Gasteiger charge is -2.34. The Morgan fingerprint density at radius 2 is 1.96 bits per heavy atom. The fourth-order valence-electron chi connectivity index (χ4n) is 3.68. The van der Waals surface area contributed by atoms with Gasteiger partial charge in [0.1, 0.15) is 5.69 Å². The fourth-order valence-corrected chi connectivity index (χ4v) is 3.68. The molecule has 3 heterocycles. The lowest BCUT2D eigenvalue weighted by Crippen LogP contribution is -2.39. The third-order valence-corrected chi connectivity index (χ3v) is 5.02. The Morgan fingerprint density at radius 3 is 2.74 bits per heavy atom. The van der Waals surface area contributed by atoms with Crippen LogP contribution in [0.2, 0.25) is 0 Å². The van der Waals surface area contributed by atoms with Crippen LogP contribution in [0.3, 0.4) is 0 Å². The molecule has 1 aromatic carbocycles. The minimum atomic E-state index is -0.0901. The molecule has 0 saturated heterocycles.